The van der Waals surface area contributed by atoms with Crippen LogP contribution in [0.4, 0.5) is 5.95 Å². The van der Waals surface area contributed by atoms with E-state index in [-0.39, 0.29) is 11.7 Å². The molecule has 4 aromatic heterocycles. The van der Waals surface area contributed by atoms with Crippen LogP contribution in [0.3, 0.4) is 0 Å². The van der Waals surface area contributed by atoms with Crippen LogP contribution in [0, 0.1) is 13.8 Å². The zero-order chi connectivity index (χ0) is 26.2. The van der Waals surface area contributed by atoms with E-state index in [1.807, 2.05) is 13.0 Å². The summed E-state index contributed by atoms with van der Waals surface area (Å²) >= 11 is 0. The van der Waals surface area contributed by atoms with Gasteiger partial charge < -0.3 is 14.6 Å². The van der Waals surface area contributed by atoms with Crippen LogP contribution in [0.15, 0.2) is 65.4 Å². The zero-order valence-electron chi connectivity index (χ0n) is 20.6. The number of benzene rings is 1. The van der Waals surface area contributed by atoms with E-state index in [2.05, 4.69) is 29.8 Å². The Morgan fingerprint density at radius 2 is 1.73 bits per heavy atom. The Hall–Kier alpha value is -4.09. The fourth-order valence-corrected chi connectivity index (χ4v) is 5.54. The van der Waals surface area contributed by atoms with Crippen molar-refractivity contribution in [2.75, 3.05) is 10.5 Å². The van der Waals surface area contributed by atoms with E-state index in [1.54, 1.807) is 68.7 Å². The molecule has 4 heterocycles. The molecule has 0 fully saturated rings. The summed E-state index contributed by atoms with van der Waals surface area (Å²) in [5, 5.41) is 16.5. The molecule has 37 heavy (non-hydrogen) atoms. The van der Waals surface area contributed by atoms with Crippen LogP contribution in [0.5, 0.6) is 0 Å². The Morgan fingerprint density at radius 1 is 1.05 bits per heavy atom. The minimum atomic E-state index is -3.61. The average molecular weight is 519 g/mol. The molecule has 0 aliphatic carbocycles. The predicted octanol–water partition coefficient (Wildman–Crippen LogP) is 4.06. The zero-order valence-corrected chi connectivity index (χ0v) is 21.4. The normalized spacial score (nSPS) is 12.2. The molecule has 0 saturated carbocycles. The van der Waals surface area contributed by atoms with E-state index in [0.717, 1.165) is 5.56 Å². The van der Waals surface area contributed by atoms with Crippen LogP contribution in [0.25, 0.3) is 22.2 Å². The summed E-state index contributed by atoms with van der Waals surface area (Å²) in [6, 6.07) is 14.1. The van der Waals surface area contributed by atoms with Crippen molar-refractivity contribution in [2.45, 2.75) is 32.8 Å². The molecule has 0 unspecified atom stereocenters. The number of hydrogen-bond acceptors (Lipinski definition) is 8. The molecule has 0 aliphatic heterocycles. The van der Waals surface area contributed by atoms with Crippen molar-refractivity contribution < 1.29 is 18.0 Å². The Bertz CT molecular complexity index is 1600. The number of anilines is 1. The number of rotatable bonds is 8. The molecule has 0 bridgehead atoms. The number of pyridine rings is 2. The maximum Gasteiger partial charge on any atom is 0.234 e. The van der Waals surface area contributed by atoms with Crippen molar-refractivity contribution >= 4 is 27.0 Å². The standard InChI is InChI=1S/C26H26N6O4S/c1-4-13-37(34,35)32-25-29-20-15-18(23-16(2)31-36-17(23)3)14-19(24(20)30-25)26(33,21-9-5-7-11-27-21)22-10-6-8-12-28-22/h5-12,14-15,33H,4,13H2,1-3H3,(H2,29,30,32). The highest BCUT2D eigenvalue weighted by atomic mass is 32.2. The molecule has 10 nitrogen and oxygen atoms in total. The maximum absolute atomic E-state index is 12.5. The first-order valence-corrected chi connectivity index (χ1v) is 13.4. The second-order valence-electron chi connectivity index (χ2n) is 8.77. The number of aromatic nitrogens is 5. The van der Waals surface area contributed by atoms with Crippen LogP contribution in [-0.4, -0.2) is 44.4 Å². The van der Waals surface area contributed by atoms with E-state index < -0.39 is 15.6 Å². The number of H-pyrrole nitrogens is 1. The number of nitrogens with zero attached hydrogens (tertiary/aromatic N) is 4. The predicted molar refractivity (Wildman–Crippen MR) is 139 cm³/mol. The first kappa shape index (κ1) is 24.6. The first-order valence-electron chi connectivity index (χ1n) is 11.8. The summed E-state index contributed by atoms with van der Waals surface area (Å²) < 4.78 is 32.9. The molecule has 0 atom stereocenters. The van der Waals surface area contributed by atoms with Crippen molar-refractivity contribution in [1.29, 1.82) is 0 Å². The number of fused-ring (bicyclic) bond motifs is 1. The van der Waals surface area contributed by atoms with Gasteiger partial charge in [0.05, 0.1) is 33.9 Å². The molecule has 3 N–H and O–H groups in total. The number of imidazole rings is 1. The number of aromatic amines is 1. The second kappa shape index (κ2) is 9.41. The Kier molecular flexibility index (Phi) is 6.26. The molecule has 5 aromatic rings. The third-order valence-electron chi connectivity index (χ3n) is 6.09. The topological polar surface area (TPSA) is 147 Å². The van der Waals surface area contributed by atoms with Gasteiger partial charge in [-0.2, -0.15) is 0 Å². The molecule has 0 radical (unpaired) electrons. The van der Waals surface area contributed by atoms with Crippen LogP contribution < -0.4 is 4.72 Å². The summed E-state index contributed by atoms with van der Waals surface area (Å²) in [6.45, 7) is 5.42. The minimum Gasteiger partial charge on any atom is -0.373 e. The highest BCUT2D eigenvalue weighted by Gasteiger charge is 2.39. The van der Waals surface area contributed by atoms with E-state index >= 15 is 0 Å². The number of hydrogen-bond donors (Lipinski definition) is 3. The van der Waals surface area contributed by atoms with E-state index in [9.17, 15) is 13.5 Å². The van der Waals surface area contributed by atoms with Gasteiger partial charge in [0, 0.05) is 23.5 Å². The van der Waals surface area contributed by atoms with Crippen molar-refractivity contribution in [3.05, 3.63) is 89.3 Å². The molecule has 1 aromatic carbocycles. The lowest BCUT2D eigenvalue weighted by molar-refractivity contribution is 0.117. The van der Waals surface area contributed by atoms with Crippen molar-refractivity contribution in [2.24, 2.45) is 0 Å². The van der Waals surface area contributed by atoms with E-state index in [0.29, 0.717) is 51.4 Å². The van der Waals surface area contributed by atoms with Crippen molar-refractivity contribution in [3.8, 4) is 11.1 Å². The molecule has 5 rings (SSSR count). The fourth-order valence-electron chi connectivity index (χ4n) is 4.51. The highest BCUT2D eigenvalue weighted by Crippen LogP contribution is 2.41. The quantitative estimate of drug-likeness (QED) is 0.279. The van der Waals surface area contributed by atoms with Crippen LogP contribution in [0.2, 0.25) is 0 Å². The van der Waals surface area contributed by atoms with Crippen molar-refractivity contribution in [1.82, 2.24) is 25.1 Å². The molecule has 11 heteroatoms. The minimum absolute atomic E-state index is 0.0463. The number of nitrogens with one attached hydrogen (secondary N) is 2. The number of sulfonamides is 1. The van der Waals surface area contributed by atoms with Gasteiger partial charge in [0.2, 0.25) is 16.0 Å². The molecular formula is C26H26N6O4S. The first-order chi connectivity index (χ1) is 17.7. The summed E-state index contributed by atoms with van der Waals surface area (Å²) in [6.07, 6.45) is 3.64. The van der Waals surface area contributed by atoms with Crippen molar-refractivity contribution in [3.63, 3.8) is 0 Å². The summed E-state index contributed by atoms with van der Waals surface area (Å²) in [5.74, 6) is 0.600. The Labute approximate surface area is 213 Å². The van der Waals surface area contributed by atoms with E-state index in [4.69, 9.17) is 4.52 Å². The smallest absolute Gasteiger partial charge is 0.234 e. The van der Waals surface area contributed by atoms with Crippen LogP contribution in [-0.2, 0) is 15.6 Å². The Balaban J connectivity index is 1.83. The van der Waals surface area contributed by atoms with Crippen LogP contribution >= 0.6 is 0 Å². The molecule has 190 valence electrons. The van der Waals surface area contributed by atoms with Gasteiger partial charge in [-0.1, -0.05) is 24.2 Å². The van der Waals surface area contributed by atoms with Gasteiger partial charge in [0.25, 0.3) is 0 Å². The molecule has 0 aliphatic rings. The second-order valence-corrected chi connectivity index (χ2v) is 10.6. The van der Waals surface area contributed by atoms with Crippen LogP contribution in [0.1, 0.15) is 41.8 Å². The molecule has 0 spiro atoms. The number of aryl methyl sites for hydroxylation is 2. The summed E-state index contributed by atoms with van der Waals surface area (Å²) in [7, 11) is -3.61. The van der Waals surface area contributed by atoms with Gasteiger partial charge in [0.1, 0.15) is 5.76 Å². The highest BCUT2D eigenvalue weighted by molar-refractivity contribution is 7.92. The monoisotopic (exact) mass is 518 g/mol. The third-order valence-corrected chi connectivity index (χ3v) is 7.54. The van der Waals surface area contributed by atoms with Gasteiger partial charge in [-0.25, -0.2) is 13.4 Å². The van der Waals surface area contributed by atoms with Gasteiger partial charge in [-0.3, -0.25) is 14.7 Å². The molecular weight excluding hydrogens is 492 g/mol. The maximum atomic E-state index is 12.5. The van der Waals surface area contributed by atoms with Gasteiger partial charge >= 0.3 is 0 Å². The summed E-state index contributed by atoms with van der Waals surface area (Å²) in [5.41, 5.74) is 2.23. The SMILES string of the molecule is CCCS(=O)(=O)Nc1nc2c(C(O)(c3ccccn3)c3ccccn3)cc(-c3c(C)noc3C)cc2[nH]1. The van der Waals surface area contributed by atoms with Gasteiger partial charge in [0.15, 0.2) is 5.60 Å². The average Bonchev–Trinajstić information content (AvgIpc) is 3.44. The van der Waals surface area contributed by atoms with Gasteiger partial charge in [-0.05, 0) is 62.2 Å². The van der Waals surface area contributed by atoms with Gasteiger partial charge in [-0.15, -0.1) is 0 Å². The lowest BCUT2D eigenvalue weighted by atomic mass is 9.83. The fraction of sp³-hybridized carbons (Fsp3) is 0.231. The number of aliphatic hydroxyl groups is 1. The lowest BCUT2D eigenvalue weighted by Gasteiger charge is -2.28. The van der Waals surface area contributed by atoms with E-state index in [1.165, 1.54) is 0 Å². The third kappa shape index (κ3) is 4.47. The molecule has 0 saturated heterocycles. The summed E-state index contributed by atoms with van der Waals surface area (Å²) in [4.78, 5) is 16.5. The Morgan fingerprint density at radius 3 is 2.27 bits per heavy atom. The lowest BCUT2D eigenvalue weighted by Crippen LogP contribution is -2.31. The largest absolute Gasteiger partial charge is 0.373 e. The molecule has 0 amide bonds.